The number of carbonyl (C=O) groups is 1. The van der Waals surface area contributed by atoms with Gasteiger partial charge in [0.2, 0.25) is 5.91 Å². The van der Waals surface area contributed by atoms with Gasteiger partial charge in [-0.25, -0.2) is 0 Å². The van der Waals surface area contributed by atoms with Crippen LogP contribution in [0.25, 0.3) is 0 Å². The SMILES string of the molecule is CC(O)CN(CC(=O)Nc1c(Cl)cccc1Cl)C(C)C. The summed E-state index contributed by atoms with van der Waals surface area (Å²) in [6.07, 6.45) is -0.492. The molecule has 0 saturated heterocycles. The fraction of sp³-hybridized carbons (Fsp3) is 0.500. The van der Waals surface area contributed by atoms with Gasteiger partial charge in [-0.15, -0.1) is 0 Å². The fourth-order valence-electron chi connectivity index (χ4n) is 1.78. The second-order valence-corrected chi connectivity index (χ2v) is 5.83. The molecule has 0 aliphatic rings. The molecule has 2 N–H and O–H groups in total. The minimum Gasteiger partial charge on any atom is -0.392 e. The molecule has 0 fully saturated rings. The molecule has 1 aromatic rings. The standard InChI is InChI=1S/C14H20Cl2N2O2/c1-9(2)18(7-10(3)19)8-13(20)17-14-11(15)5-4-6-12(14)16/h4-6,9-10,19H,7-8H2,1-3H3,(H,17,20). The molecule has 112 valence electrons. The molecule has 0 aliphatic carbocycles. The van der Waals surface area contributed by atoms with Gasteiger partial charge < -0.3 is 10.4 Å². The summed E-state index contributed by atoms with van der Waals surface area (Å²) in [4.78, 5) is 13.9. The number of hydrogen-bond acceptors (Lipinski definition) is 3. The summed E-state index contributed by atoms with van der Waals surface area (Å²) >= 11 is 12.0. The van der Waals surface area contributed by atoms with Crippen molar-refractivity contribution in [1.29, 1.82) is 0 Å². The molecule has 6 heteroatoms. The van der Waals surface area contributed by atoms with Gasteiger partial charge >= 0.3 is 0 Å². The van der Waals surface area contributed by atoms with E-state index in [-0.39, 0.29) is 18.5 Å². The van der Waals surface area contributed by atoms with Gasteiger partial charge in [0.05, 0.1) is 28.4 Å². The van der Waals surface area contributed by atoms with Crippen LogP contribution in [-0.2, 0) is 4.79 Å². The highest BCUT2D eigenvalue weighted by molar-refractivity contribution is 6.39. The monoisotopic (exact) mass is 318 g/mol. The normalized spacial score (nSPS) is 12.8. The molecule has 1 unspecified atom stereocenters. The van der Waals surface area contributed by atoms with Crippen LogP contribution < -0.4 is 5.32 Å². The number of aliphatic hydroxyl groups excluding tert-OH is 1. The molecule has 0 spiro atoms. The Kier molecular flexibility index (Phi) is 6.76. The Balaban J connectivity index is 2.71. The van der Waals surface area contributed by atoms with E-state index in [1.807, 2.05) is 18.7 Å². The molecular formula is C14H20Cl2N2O2. The largest absolute Gasteiger partial charge is 0.392 e. The van der Waals surface area contributed by atoms with E-state index >= 15 is 0 Å². The number of carbonyl (C=O) groups excluding carboxylic acids is 1. The molecule has 1 atom stereocenters. The van der Waals surface area contributed by atoms with Gasteiger partial charge in [-0.3, -0.25) is 9.69 Å². The lowest BCUT2D eigenvalue weighted by Gasteiger charge is -2.27. The van der Waals surface area contributed by atoms with Gasteiger partial charge in [0.1, 0.15) is 0 Å². The summed E-state index contributed by atoms with van der Waals surface area (Å²) in [5.41, 5.74) is 0.418. The van der Waals surface area contributed by atoms with E-state index in [0.717, 1.165) is 0 Å². The highest BCUT2D eigenvalue weighted by Crippen LogP contribution is 2.29. The van der Waals surface area contributed by atoms with Gasteiger partial charge in [-0.1, -0.05) is 29.3 Å². The predicted molar refractivity (Wildman–Crippen MR) is 83.5 cm³/mol. The molecule has 0 radical (unpaired) electrons. The van der Waals surface area contributed by atoms with Crippen LogP contribution in [0.4, 0.5) is 5.69 Å². The van der Waals surface area contributed by atoms with Gasteiger partial charge in [0, 0.05) is 12.6 Å². The highest BCUT2D eigenvalue weighted by atomic mass is 35.5. The van der Waals surface area contributed by atoms with Crippen LogP contribution in [0, 0.1) is 0 Å². The van der Waals surface area contributed by atoms with Crippen LogP contribution in [0.1, 0.15) is 20.8 Å². The van der Waals surface area contributed by atoms with Crippen LogP contribution in [-0.4, -0.2) is 41.1 Å². The lowest BCUT2D eigenvalue weighted by molar-refractivity contribution is -0.118. The molecular weight excluding hydrogens is 299 g/mol. The van der Waals surface area contributed by atoms with Crippen LogP contribution in [0.15, 0.2) is 18.2 Å². The van der Waals surface area contributed by atoms with E-state index in [1.54, 1.807) is 25.1 Å². The number of amides is 1. The van der Waals surface area contributed by atoms with Crippen LogP contribution in [0.5, 0.6) is 0 Å². The van der Waals surface area contributed by atoms with Gasteiger partial charge in [0.15, 0.2) is 0 Å². The van der Waals surface area contributed by atoms with E-state index in [0.29, 0.717) is 22.3 Å². The topological polar surface area (TPSA) is 52.6 Å². The Bertz CT molecular complexity index is 444. The number of para-hydroxylation sites is 1. The first-order valence-electron chi connectivity index (χ1n) is 6.47. The van der Waals surface area contributed by atoms with Gasteiger partial charge in [-0.2, -0.15) is 0 Å². The molecule has 0 saturated carbocycles. The summed E-state index contributed by atoms with van der Waals surface area (Å²) in [5, 5.41) is 13.0. The summed E-state index contributed by atoms with van der Waals surface area (Å²) in [6.45, 7) is 6.24. The van der Waals surface area contributed by atoms with Gasteiger partial charge in [0.25, 0.3) is 0 Å². The third-order valence-corrected chi connectivity index (χ3v) is 3.43. The van der Waals surface area contributed by atoms with Gasteiger partial charge in [-0.05, 0) is 32.9 Å². The number of benzene rings is 1. The van der Waals surface area contributed by atoms with Crippen LogP contribution in [0.3, 0.4) is 0 Å². The Hall–Kier alpha value is -0.810. The Morgan fingerprint density at radius 1 is 1.30 bits per heavy atom. The molecule has 4 nitrogen and oxygen atoms in total. The quantitative estimate of drug-likeness (QED) is 0.847. The second-order valence-electron chi connectivity index (χ2n) is 5.02. The van der Waals surface area contributed by atoms with E-state index in [9.17, 15) is 9.90 Å². The minimum absolute atomic E-state index is 0.150. The van der Waals surface area contributed by atoms with Crippen molar-refractivity contribution < 1.29 is 9.90 Å². The first-order chi connectivity index (χ1) is 9.31. The summed E-state index contributed by atoms with van der Waals surface area (Å²) in [7, 11) is 0. The third-order valence-electron chi connectivity index (χ3n) is 2.80. The van der Waals surface area contributed by atoms with E-state index in [4.69, 9.17) is 23.2 Å². The number of nitrogens with one attached hydrogen (secondary N) is 1. The van der Waals surface area contributed by atoms with Crippen molar-refractivity contribution in [3.63, 3.8) is 0 Å². The third kappa shape index (κ3) is 5.29. The highest BCUT2D eigenvalue weighted by Gasteiger charge is 2.17. The van der Waals surface area contributed by atoms with Crippen LogP contribution >= 0.6 is 23.2 Å². The minimum atomic E-state index is -0.492. The number of nitrogens with zero attached hydrogens (tertiary/aromatic N) is 1. The van der Waals surface area contributed by atoms with Crippen molar-refractivity contribution >= 4 is 34.8 Å². The maximum atomic E-state index is 12.1. The van der Waals surface area contributed by atoms with Crippen molar-refractivity contribution in [3.8, 4) is 0 Å². The Labute approximate surface area is 129 Å². The molecule has 0 bridgehead atoms. The molecule has 1 aromatic carbocycles. The first kappa shape index (κ1) is 17.2. The zero-order valence-electron chi connectivity index (χ0n) is 11.9. The lowest BCUT2D eigenvalue weighted by Crippen LogP contribution is -2.41. The predicted octanol–water partition coefficient (Wildman–Crippen LogP) is 3.02. The number of rotatable bonds is 6. The van der Waals surface area contributed by atoms with Crippen molar-refractivity contribution in [2.75, 3.05) is 18.4 Å². The summed E-state index contributed by atoms with van der Waals surface area (Å²) < 4.78 is 0. The fourth-order valence-corrected chi connectivity index (χ4v) is 2.27. The molecule has 1 rings (SSSR count). The van der Waals surface area contributed by atoms with Crippen molar-refractivity contribution in [2.45, 2.75) is 32.9 Å². The molecule has 0 heterocycles. The van der Waals surface area contributed by atoms with Crippen molar-refractivity contribution in [1.82, 2.24) is 4.90 Å². The van der Waals surface area contributed by atoms with Crippen LogP contribution in [0.2, 0.25) is 10.0 Å². The Morgan fingerprint density at radius 3 is 2.30 bits per heavy atom. The number of aliphatic hydroxyl groups is 1. The number of hydrogen-bond donors (Lipinski definition) is 2. The maximum Gasteiger partial charge on any atom is 0.238 e. The zero-order valence-corrected chi connectivity index (χ0v) is 13.4. The lowest BCUT2D eigenvalue weighted by atomic mass is 10.2. The van der Waals surface area contributed by atoms with Crippen molar-refractivity contribution in [3.05, 3.63) is 28.2 Å². The van der Waals surface area contributed by atoms with E-state index in [2.05, 4.69) is 5.32 Å². The molecule has 20 heavy (non-hydrogen) atoms. The maximum absolute atomic E-state index is 12.1. The van der Waals surface area contributed by atoms with Crippen molar-refractivity contribution in [2.24, 2.45) is 0 Å². The molecule has 0 aromatic heterocycles. The smallest absolute Gasteiger partial charge is 0.238 e. The average molecular weight is 319 g/mol. The first-order valence-corrected chi connectivity index (χ1v) is 7.22. The Morgan fingerprint density at radius 2 is 1.85 bits per heavy atom. The number of anilines is 1. The summed E-state index contributed by atoms with van der Waals surface area (Å²) in [6, 6.07) is 5.20. The number of halogens is 2. The second kappa shape index (κ2) is 7.84. The van der Waals surface area contributed by atoms with E-state index < -0.39 is 6.10 Å². The average Bonchev–Trinajstić information content (AvgIpc) is 2.32. The molecule has 1 amide bonds. The van der Waals surface area contributed by atoms with E-state index in [1.165, 1.54) is 0 Å². The summed E-state index contributed by atoms with van der Waals surface area (Å²) in [5.74, 6) is -0.214. The molecule has 0 aliphatic heterocycles. The zero-order chi connectivity index (χ0) is 15.3.